The van der Waals surface area contributed by atoms with Gasteiger partial charge in [0.25, 0.3) is 0 Å². The zero-order chi connectivity index (χ0) is 6.57. The van der Waals surface area contributed by atoms with Crippen LogP contribution in [0.25, 0.3) is 0 Å². The molecule has 0 aromatic carbocycles. The molecule has 0 fully saturated rings. The molecule has 0 saturated carbocycles. The molecule has 0 aliphatic heterocycles. The zero-order valence-corrected chi connectivity index (χ0v) is 4.93. The van der Waals surface area contributed by atoms with E-state index in [1.807, 2.05) is 0 Å². The first kappa shape index (κ1) is 7.39. The fraction of sp³-hybridized carbons (Fsp3) is 0.750. The van der Waals surface area contributed by atoms with E-state index in [4.69, 9.17) is 10.6 Å². The fourth-order valence-electron chi connectivity index (χ4n) is 0.209. The Kier molecular flexibility index (Phi) is 3.14. The van der Waals surface area contributed by atoms with E-state index < -0.39 is 0 Å². The molecular formula is C4H10N2O2. The van der Waals surface area contributed by atoms with Crippen molar-refractivity contribution in [3.05, 3.63) is 0 Å². The highest BCUT2D eigenvalue weighted by Crippen LogP contribution is 1.84. The average molecular weight is 118 g/mol. The molecule has 0 radical (unpaired) electrons. The van der Waals surface area contributed by atoms with Crippen LogP contribution in [0.5, 0.6) is 0 Å². The normalized spacial score (nSPS) is 12.9. The highest BCUT2D eigenvalue weighted by molar-refractivity contribution is 5.81. The Bertz CT molecular complexity index is 84.1. The van der Waals surface area contributed by atoms with Crippen molar-refractivity contribution in [3.8, 4) is 0 Å². The third kappa shape index (κ3) is 1.90. The Morgan fingerprint density at radius 1 is 1.88 bits per heavy atom. The maximum Gasteiger partial charge on any atom is 0.146 e. The quantitative estimate of drug-likeness (QED) is 0.271. The summed E-state index contributed by atoms with van der Waals surface area (Å²) in [6.07, 6.45) is -0.361. The Morgan fingerprint density at radius 3 is 2.50 bits per heavy atom. The molecule has 8 heavy (non-hydrogen) atoms. The summed E-state index contributed by atoms with van der Waals surface area (Å²) in [6.45, 7) is 1.66. The van der Waals surface area contributed by atoms with Gasteiger partial charge in [0, 0.05) is 7.11 Å². The molecular weight excluding hydrogens is 108 g/mol. The van der Waals surface area contributed by atoms with Crippen LogP contribution in [0.15, 0.2) is 0 Å². The molecule has 0 amide bonds. The van der Waals surface area contributed by atoms with Gasteiger partial charge in [0.15, 0.2) is 0 Å². The van der Waals surface area contributed by atoms with Crippen molar-refractivity contribution in [3.63, 3.8) is 0 Å². The lowest BCUT2D eigenvalue weighted by molar-refractivity contribution is 0.146. The van der Waals surface area contributed by atoms with Gasteiger partial charge < -0.3 is 4.74 Å². The first-order valence-corrected chi connectivity index (χ1v) is 2.23. The monoisotopic (exact) mass is 118 g/mol. The summed E-state index contributed by atoms with van der Waals surface area (Å²) in [5.41, 5.74) is 1.67. The molecule has 3 N–H and O–H groups in total. The Balaban J connectivity index is 3.46. The van der Waals surface area contributed by atoms with E-state index in [0.29, 0.717) is 0 Å². The lowest BCUT2D eigenvalue weighted by atomic mass is 10.4. The number of hydrogen-bond donors (Lipinski definition) is 3. The van der Waals surface area contributed by atoms with Crippen LogP contribution in [0, 0.1) is 5.41 Å². The number of methoxy groups -OCH3 is 1. The topological polar surface area (TPSA) is 65.3 Å². The van der Waals surface area contributed by atoms with Gasteiger partial charge >= 0.3 is 0 Å². The molecule has 0 aromatic rings. The van der Waals surface area contributed by atoms with Crippen molar-refractivity contribution in [2.24, 2.45) is 0 Å². The maximum absolute atomic E-state index is 8.08. The van der Waals surface area contributed by atoms with Crippen LogP contribution < -0.4 is 5.48 Å². The van der Waals surface area contributed by atoms with Crippen LogP contribution in [-0.4, -0.2) is 24.3 Å². The molecule has 4 heteroatoms. The standard InChI is InChI=1S/C4H10N2O2/c1-3(8-2)4(5)6-7/h3,7H,1-2H3,(H2,5,6)/t3-/m1/s1. The predicted molar refractivity (Wildman–Crippen MR) is 29.1 cm³/mol. The summed E-state index contributed by atoms with van der Waals surface area (Å²) in [6, 6.07) is 0. The largest absolute Gasteiger partial charge is 0.374 e. The van der Waals surface area contributed by atoms with Crippen molar-refractivity contribution in [1.82, 2.24) is 5.48 Å². The Morgan fingerprint density at radius 2 is 2.38 bits per heavy atom. The van der Waals surface area contributed by atoms with E-state index >= 15 is 0 Å². The van der Waals surface area contributed by atoms with E-state index in [2.05, 4.69) is 4.74 Å². The van der Waals surface area contributed by atoms with Crippen molar-refractivity contribution in [1.29, 1.82) is 5.41 Å². The van der Waals surface area contributed by atoms with Crippen molar-refractivity contribution in [2.45, 2.75) is 13.0 Å². The molecule has 1 atom stereocenters. The minimum atomic E-state index is -0.361. The Hall–Kier alpha value is -0.610. The van der Waals surface area contributed by atoms with Gasteiger partial charge in [-0.1, -0.05) is 0 Å². The molecule has 0 heterocycles. The molecule has 0 bridgehead atoms. The second-order valence-corrected chi connectivity index (χ2v) is 1.40. The van der Waals surface area contributed by atoms with E-state index in [-0.39, 0.29) is 11.9 Å². The molecule has 4 nitrogen and oxygen atoms in total. The van der Waals surface area contributed by atoms with E-state index in [1.165, 1.54) is 7.11 Å². The van der Waals surface area contributed by atoms with Gasteiger partial charge in [-0.3, -0.25) is 16.1 Å². The molecule has 0 aliphatic carbocycles. The molecule has 0 rings (SSSR count). The molecule has 0 aliphatic rings. The summed E-state index contributed by atoms with van der Waals surface area (Å²) in [4.78, 5) is 0. The highest BCUT2D eigenvalue weighted by atomic mass is 16.5. The fourth-order valence-corrected chi connectivity index (χ4v) is 0.209. The SMILES string of the molecule is CO[C@H](C)C(=N)NO. The van der Waals surface area contributed by atoms with Crippen LogP contribution in [-0.2, 0) is 4.74 Å². The zero-order valence-electron chi connectivity index (χ0n) is 4.93. The van der Waals surface area contributed by atoms with Crippen LogP contribution in [0.2, 0.25) is 0 Å². The van der Waals surface area contributed by atoms with E-state index in [1.54, 1.807) is 12.4 Å². The lowest BCUT2D eigenvalue weighted by Crippen LogP contribution is -2.30. The highest BCUT2D eigenvalue weighted by Gasteiger charge is 2.03. The predicted octanol–water partition coefficient (Wildman–Crippen LogP) is -0.0226. The third-order valence-electron chi connectivity index (χ3n) is 0.881. The van der Waals surface area contributed by atoms with Crippen LogP contribution in [0.3, 0.4) is 0 Å². The maximum atomic E-state index is 8.08. The number of ether oxygens (including phenoxy) is 1. The number of hydroxylamine groups is 1. The third-order valence-corrected chi connectivity index (χ3v) is 0.881. The van der Waals surface area contributed by atoms with Crippen molar-refractivity contribution < 1.29 is 9.94 Å². The van der Waals surface area contributed by atoms with Gasteiger partial charge in [-0.15, -0.1) is 0 Å². The van der Waals surface area contributed by atoms with Crippen LogP contribution in [0.4, 0.5) is 0 Å². The minimum absolute atomic E-state index is 0.0347. The van der Waals surface area contributed by atoms with Gasteiger partial charge in [-0.25, -0.2) is 0 Å². The van der Waals surface area contributed by atoms with Gasteiger partial charge in [0.05, 0.1) is 0 Å². The lowest BCUT2D eigenvalue weighted by Gasteiger charge is -2.07. The minimum Gasteiger partial charge on any atom is -0.374 e. The molecule has 0 unspecified atom stereocenters. The Labute approximate surface area is 47.9 Å². The van der Waals surface area contributed by atoms with Gasteiger partial charge in [0.2, 0.25) is 0 Å². The summed E-state index contributed by atoms with van der Waals surface area (Å²) < 4.78 is 4.66. The number of amidine groups is 1. The summed E-state index contributed by atoms with van der Waals surface area (Å²) in [5.74, 6) is -0.0347. The summed E-state index contributed by atoms with van der Waals surface area (Å²) in [7, 11) is 1.47. The number of hydrogen-bond acceptors (Lipinski definition) is 3. The first-order chi connectivity index (χ1) is 3.72. The van der Waals surface area contributed by atoms with Gasteiger partial charge in [0.1, 0.15) is 11.9 Å². The van der Waals surface area contributed by atoms with Crippen LogP contribution >= 0.6 is 0 Å². The second kappa shape index (κ2) is 3.40. The molecule has 48 valence electrons. The number of nitrogens with one attached hydrogen (secondary N) is 2. The van der Waals surface area contributed by atoms with E-state index in [0.717, 1.165) is 0 Å². The van der Waals surface area contributed by atoms with E-state index in [9.17, 15) is 0 Å². The van der Waals surface area contributed by atoms with Gasteiger partial charge in [-0.05, 0) is 6.92 Å². The average Bonchev–Trinajstić information content (AvgIpc) is 1.84. The second-order valence-electron chi connectivity index (χ2n) is 1.40. The first-order valence-electron chi connectivity index (χ1n) is 2.23. The molecule has 0 saturated heterocycles. The van der Waals surface area contributed by atoms with Crippen molar-refractivity contribution in [2.75, 3.05) is 7.11 Å². The molecule has 0 aromatic heterocycles. The van der Waals surface area contributed by atoms with Crippen molar-refractivity contribution >= 4 is 5.84 Å². The summed E-state index contributed by atoms with van der Waals surface area (Å²) in [5, 5.41) is 14.9. The number of rotatable bonds is 2. The summed E-state index contributed by atoms with van der Waals surface area (Å²) >= 11 is 0. The molecule has 0 spiro atoms. The van der Waals surface area contributed by atoms with Gasteiger partial charge in [-0.2, -0.15) is 0 Å². The van der Waals surface area contributed by atoms with Crippen LogP contribution in [0.1, 0.15) is 6.92 Å². The smallest absolute Gasteiger partial charge is 0.146 e.